The average Bonchev–Trinajstić information content (AvgIpc) is 3.24. The van der Waals surface area contributed by atoms with Crippen LogP contribution >= 0.6 is 23.2 Å². The summed E-state index contributed by atoms with van der Waals surface area (Å²) in [6.45, 7) is 2.45. The molecular weight excluding hydrogens is 461 g/mol. The second kappa shape index (κ2) is 9.41. The van der Waals surface area contributed by atoms with Gasteiger partial charge in [0.15, 0.2) is 17.3 Å². The Labute approximate surface area is 199 Å². The zero-order valence-electron chi connectivity index (χ0n) is 17.4. The molecule has 1 atom stereocenters. The normalized spacial score (nSPS) is 11.7. The molecule has 0 radical (unpaired) electrons. The lowest BCUT2D eigenvalue weighted by Crippen LogP contribution is -2.29. The monoisotopic (exact) mass is 477 g/mol. The van der Waals surface area contributed by atoms with Gasteiger partial charge in [-0.25, -0.2) is 9.67 Å². The summed E-state index contributed by atoms with van der Waals surface area (Å²) >= 11 is 12.0. The number of carbonyl (C=O) groups is 2. The Hall–Kier alpha value is -3.73. The van der Waals surface area contributed by atoms with Gasteiger partial charge in [-0.1, -0.05) is 53.5 Å². The molecule has 1 unspecified atom stereocenters. The second-order valence-electron chi connectivity index (χ2n) is 7.16. The number of pyridine rings is 1. The van der Waals surface area contributed by atoms with Gasteiger partial charge in [0.25, 0.3) is 0 Å². The Bertz CT molecular complexity index is 1410. The van der Waals surface area contributed by atoms with Crippen molar-refractivity contribution in [2.75, 3.05) is 5.32 Å². The Kier molecular flexibility index (Phi) is 6.40. The van der Waals surface area contributed by atoms with Gasteiger partial charge in [0.05, 0.1) is 28.7 Å². The average molecular weight is 478 g/mol. The molecule has 164 valence electrons. The van der Waals surface area contributed by atoms with Crippen molar-refractivity contribution in [3.63, 3.8) is 0 Å². The van der Waals surface area contributed by atoms with Gasteiger partial charge in [-0.15, -0.1) is 0 Å². The number of ketones is 1. The number of nitrogens with zero attached hydrogens (tertiary/aromatic N) is 4. The maximum Gasteiger partial charge on any atom is 0.249 e. The molecule has 0 aliphatic rings. The molecule has 1 N–H and O–H groups in total. The highest BCUT2D eigenvalue weighted by Gasteiger charge is 2.30. The van der Waals surface area contributed by atoms with Crippen LogP contribution in [-0.2, 0) is 11.3 Å². The number of nitrogens with one attached hydrogen (secondary N) is 1. The number of halogens is 2. The summed E-state index contributed by atoms with van der Waals surface area (Å²) in [7, 11) is 0. The summed E-state index contributed by atoms with van der Waals surface area (Å²) in [6, 6.07) is 17.3. The minimum Gasteiger partial charge on any atom is -0.323 e. The van der Waals surface area contributed by atoms with Crippen molar-refractivity contribution in [1.29, 1.82) is 5.26 Å². The molecule has 0 bridgehead atoms. The predicted molar refractivity (Wildman–Crippen MR) is 127 cm³/mol. The van der Waals surface area contributed by atoms with E-state index in [4.69, 9.17) is 23.2 Å². The molecular formula is C24H17Cl2N5O2. The van der Waals surface area contributed by atoms with E-state index in [-0.39, 0.29) is 16.3 Å². The summed E-state index contributed by atoms with van der Waals surface area (Å²) in [6.07, 6.45) is 1.52. The van der Waals surface area contributed by atoms with Crippen molar-refractivity contribution in [3.05, 3.63) is 76.4 Å². The van der Waals surface area contributed by atoms with Crippen LogP contribution in [0, 0.1) is 17.2 Å². The summed E-state index contributed by atoms with van der Waals surface area (Å²) < 4.78 is 1.66. The van der Waals surface area contributed by atoms with Crippen molar-refractivity contribution in [3.8, 4) is 17.3 Å². The van der Waals surface area contributed by atoms with E-state index in [1.807, 2.05) is 43.3 Å². The van der Waals surface area contributed by atoms with Crippen LogP contribution in [-0.4, -0.2) is 26.5 Å². The molecule has 0 fully saturated rings. The van der Waals surface area contributed by atoms with Crippen LogP contribution in [0.2, 0.25) is 10.0 Å². The maximum atomic E-state index is 13.4. The van der Waals surface area contributed by atoms with Crippen LogP contribution in [0.15, 0.2) is 60.8 Å². The maximum absolute atomic E-state index is 13.4. The fraction of sp³-hybridized carbons (Fsp3) is 0.125. The Morgan fingerprint density at radius 2 is 1.91 bits per heavy atom. The minimum atomic E-state index is -1.60. The quantitative estimate of drug-likeness (QED) is 0.296. The van der Waals surface area contributed by atoms with Gasteiger partial charge in [-0.05, 0) is 31.2 Å². The molecule has 2 aromatic heterocycles. The molecule has 0 aliphatic heterocycles. The molecule has 4 rings (SSSR count). The first kappa shape index (κ1) is 22.5. The van der Waals surface area contributed by atoms with E-state index in [0.29, 0.717) is 28.3 Å². The van der Waals surface area contributed by atoms with E-state index >= 15 is 0 Å². The van der Waals surface area contributed by atoms with Gasteiger partial charge in [0, 0.05) is 28.1 Å². The highest BCUT2D eigenvalue weighted by Crippen LogP contribution is 2.29. The lowest BCUT2D eigenvalue weighted by molar-refractivity contribution is -0.117. The van der Waals surface area contributed by atoms with Crippen molar-refractivity contribution in [1.82, 2.24) is 14.8 Å². The Balaban J connectivity index is 1.76. The Morgan fingerprint density at radius 1 is 1.15 bits per heavy atom. The van der Waals surface area contributed by atoms with E-state index in [1.54, 1.807) is 16.8 Å². The number of carbonyl (C=O) groups excluding carboxylic acids is 2. The number of amides is 1. The molecule has 0 saturated heterocycles. The van der Waals surface area contributed by atoms with E-state index in [2.05, 4.69) is 15.4 Å². The summed E-state index contributed by atoms with van der Waals surface area (Å²) in [5.74, 6) is -3.04. The molecule has 0 aliphatic carbocycles. The van der Waals surface area contributed by atoms with Crippen molar-refractivity contribution in [2.24, 2.45) is 5.92 Å². The number of rotatable bonds is 6. The topological polar surface area (TPSA) is 101 Å². The first-order valence-electron chi connectivity index (χ1n) is 10.0. The van der Waals surface area contributed by atoms with Gasteiger partial charge >= 0.3 is 0 Å². The second-order valence-corrected chi connectivity index (χ2v) is 8.00. The molecule has 9 heteroatoms. The highest BCUT2D eigenvalue weighted by molar-refractivity contribution is 6.37. The van der Waals surface area contributed by atoms with Gasteiger partial charge in [0.2, 0.25) is 5.91 Å². The first-order valence-corrected chi connectivity index (χ1v) is 10.8. The zero-order valence-corrected chi connectivity index (χ0v) is 18.9. The van der Waals surface area contributed by atoms with Crippen molar-refractivity contribution < 1.29 is 9.59 Å². The number of hydrogen-bond acceptors (Lipinski definition) is 5. The van der Waals surface area contributed by atoms with Gasteiger partial charge in [-0.3, -0.25) is 9.59 Å². The van der Waals surface area contributed by atoms with E-state index in [9.17, 15) is 14.9 Å². The fourth-order valence-electron chi connectivity index (χ4n) is 3.43. The number of aryl methyl sites for hydroxylation is 1. The van der Waals surface area contributed by atoms with Gasteiger partial charge in [0.1, 0.15) is 0 Å². The SMILES string of the molecule is CCn1ncc2c(C(=O)C(C#N)C(=O)Nc3ccc(Cl)cc3Cl)cc(-c3ccccc3)nc21. The van der Waals surface area contributed by atoms with Crippen LogP contribution in [0.4, 0.5) is 5.69 Å². The number of nitriles is 1. The summed E-state index contributed by atoms with van der Waals surface area (Å²) in [5, 5.41) is 17.6. The zero-order chi connectivity index (χ0) is 23.5. The number of fused-ring (bicyclic) bond motifs is 1. The molecule has 33 heavy (non-hydrogen) atoms. The van der Waals surface area contributed by atoms with Gasteiger partial charge in [-0.2, -0.15) is 10.4 Å². The largest absolute Gasteiger partial charge is 0.323 e. The standard InChI is InChI=1S/C24H17Cl2N5O2/c1-2-31-23-18(13-28-31)16(11-21(29-23)14-6-4-3-5-7-14)22(32)17(12-27)24(33)30-20-9-8-15(25)10-19(20)26/h3-11,13,17H,2H2,1H3,(H,30,33). The third-order valence-electron chi connectivity index (χ3n) is 5.09. The van der Waals surface area contributed by atoms with E-state index < -0.39 is 17.6 Å². The molecule has 4 aromatic rings. The number of Topliss-reactive ketones (excluding diaryl/α,β-unsaturated/α-hetero) is 1. The summed E-state index contributed by atoms with van der Waals surface area (Å²) in [4.78, 5) is 31.0. The van der Waals surface area contributed by atoms with Crippen molar-refractivity contribution >= 4 is 51.6 Å². The molecule has 2 aromatic carbocycles. The number of anilines is 1. The smallest absolute Gasteiger partial charge is 0.249 e. The van der Waals surface area contributed by atoms with Crippen molar-refractivity contribution in [2.45, 2.75) is 13.5 Å². The first-order chi connectivity index (χ1) is 15.9. The molecule has 0 spiro atoms. The van der Waals surface area contributed by atoms with Crippen LogP contribution in [0.5, 0.6) is 0 Å². The van der Waals surface area contributed by atoms with Crippen LogP contribution in [0.1, 0.15) is 17.3 Å². The number of aromatic nitrogens is 3. The van der Waals surface area contributed by atoms with Crippen LogP contribution in [0.3, 0.4) is 0 Å². The third kappa shape index (κ3) is 4.44. The predicted octanol–water partition coefficient (Wildman–Crippen LogP) is 5.39. The molecule has 1 amide bonds. The minimum absolute atomic E-state index is 0.196. The Morgan fingerprint density at radius 3 is 2.58 bits per heavy atom. The van der Waals surface area contributed by atoms with E-state index in [1.165, 1.54) is 18.3 Å². The lowest BCUT2D eigenvalue weighted by Gasteiger charge is -2.13. The molecule has 0 saturated carbocycles. The van der Waals surface area contributed by atoms with Gasteiger partial charge < -0.3 is 5.32 Å². The molecule has 7 nitrogen and oxygen atoms in total. The third-order valence-corrected chi connectivity index (χ3v) is 5.63. The molecule has 2 heterocycles. The highest BCUT2D eigenvalue weighted by atomic mass is 35.5. The fourth-order valence-corrected chi connectivity index (χ4v) is 3.88. The number of hydrogen-bond donors (Lipinski definition) is 1. The van der Waals surface area contributed by atoms with Crippen LogP contribution in [0.25, 0.3) is 22.3 Å². The summed E-state index contributed by atoms with van der Waals surface area (Å²) in [5.41, 5.74) is 2.29. The van der Waals surface area contributed by atoms with Crippen LogP contribution < -0.4 is 5.32 Å². The lowest BCUT2D eigenvalue weighted by atomic mass is 9.95. The number of benzene rings is 2. The van der Waals surface area contributed by atoms with E-state index in [0.717, 1.165) is 5.56 Å².